The van der Waals surface area contributed by atoms with Crippen LogP contribution in [0.4, 0.5) is 4.39 Å². The molecule has 18 heavy (non-hydrogen) atoms. The zero-order valence-electron chi connectivity index (χ0n) is 9.30. The SMILES string of the molecule is Fc1cccc(CSc2ncnc3nc[nH]c23)c1. The molecule has 0 saturated carbocycles. The van der Waals surface area contributed by atoms with Gasteiger partial charge in [0.2, 0.25) is 0 Å². The number of H-pyrrole nitrogens is 1. The lowest BCUT2D eigenvalue weighted by Gasteiger charge is -2.02. The van der Waals surface area contributed by atoms with E-state index in [1.165, 1.54) is 30.2 Å². The van der Waals surface area contributed by atoms with Crippen molar-refractivity contribution >= 4 is 22.9 Å². The highest BCUT2D eigenvalue weighted by atomic mass is 32.2. The smallest absolute Gasteiger partial charge is 0.181 e. The summed E-state index contributed by atoms with van der Waals surface area (Å²) in [4.78, 5) is 15.3. The largest absolute Gasteiger partial charge is 0.341 e. The van der Waals surface area contributed by atoms with E-state index in [0.717, 1.165) is 16.1 Å². The summed E-state index contributed by atoms with van der Waals surface area (Å²) >= 11 is 1.53. The molecule has 0 spiro atoms. The molecule has 0 fully saturated rings. The molecule has 0 radical (unpaired) electrons. The number of nitrogens with one attached hydrogen (secondary N) is 1. The molecule has 90 valence electrons. The first-order chi connectivity index (χ1) is 8.83. The fraction of sp³-hybridized carbons (Fsp3) is 0.0833. The van der Waals surface area contributed by atoms with Gasteiger partial charge >= 0.3 is 0 Å². The van der Waals surface area contributed by atoms with Gasteiger partial charge in [-0.2, -0.15) is 0 Å². The van der Waals surface area contributed by atoms with Gasteiger partial charge in [0, 0.05) is 5.75 Å². The van der Waals surface area contributed by atoms with E-state index in [0.29, 0.717) is 11.4 Å². The van der Waals surface area contributed by atoms with E-state index in [-0.39, 0.29) is 5.82 Å². The Labute approximate surface area is 107 Å². The third kappa shape index (κ3) is 2.19. The number of hydrogen-bond acceptors (Lipinski definition) is 4. The Morgan fingerprint density at radius 3 is 3.06 bits per heavy atom. The Morgan fingerprint density at radius 1 is 1.22 bits per heavy atom. The fourth-order valence-corrected chi connectivity index (χ4v) is 2.53. The van der Waals surface area contributed by atoms with Crippen molar-refractivity contribution in [3.05, 3.63) is 48.3 Å². The first-order valence-corrected chi connectivity index (χ1v) is 6.33. The van der Waals surface area contributed by atoms with Gasteiger partial charge in [-0.3, -0.25) is 0 Å². The molecular formula is C12H9FN4S. The van der Waals surface area contributed by atoms with Crippen molar-refractivity contribution in [3.8, 4) is 0 Å². The highest BCUT2D eigenvalue weighted by Crippen LogP contribution is 2.25. The van der Waals surface area contributed by atoms with E-state index in [4.69, 9.17) is 0 Å². The molecule has 0 amide bonds. The van der Waals surface area contributed by atoms with E-state index < -0.39 is 0 Å². The molecule has 0 unspecified atom stereocenters. The number of fused-ring (bicyclic) bond motifs is 1. The number of benzene rings is 1. The number of thioether (sulfide) groups is 1. The molecule has 0 aliphatic rings. The van der Waals surface area contributed by atoms with Crippen molar-refractivity contribution in [2.75, 3.05) is 0 Å². The molecule has 6 heteroatoms. The molecule has 2 aromatic heterocycles. The summed E-state index contributed by atoms with van der Waals surface area (Å²) in [5, 5.41) is 0.821. The van der Waals surface area contributed by atoms with Crippen molar-refractivity contribution in [1.82, 2.24) is 19.9 Å². The Balaban J connectivity index is 1.83. The molecule has 3 aromatic rings. The summed E-state index contributed by atoms with van der Waals surface area (Å²) in [7, 11) is 0. The summed E-state index contributed by atoms with van der Waals surface area (Å²) < 4.78 is 13.0. The van der Waals surface area contributed by atoms with Gasteiger partial charge in [-0.1, -0.05) is 23.9 Å². The lowest BCUT2D eigenvalue weighted by Crippen LogP contribution is -1.88. The lowest BCUT2D eigenvalue weighted by molar-refractivity contribution is 0.626. The number of rotatable bonds is 3. The lowest BCUT2D eigenvalue weighted by atomic mass is 10.2. The van der Waals surface area contributed by atoms with Gasteiger partial charge in [0.1, 0.15) is 22.7 Å². The highest BCUT2D eigenvalue weighted by Gasteiger charge is 2.06. The average Bonchev–Trinajstić information content (AvgIpc) is 2.85. The van der Waals surface area contributed by atoms with Gasteiger partial charge in [-0.25, -0.2) is 19.3 Å². The molecule has 4 nitrogen and oxygen atoms in total. The molecule has 3 rings (SSSR count). The van der Waals surface area contributed by atoms with Crippen molar-refractivity contribution in [2.24, 2.45) is 0 Å². The van der Waals surface area contributed by atoms with Crippen LogP contribution in [0.15, 0.2) is 41.9 Å². The van der Waals surface area contributed by atoms with E-state index >= 15 is 0 Å². The maximum Gasteiger partial charge on any atom is 0.181 e. The van der Waals surface area contributed by atoms with Crippen LogP contribution in [0, 0.1) is 5.82 Å². The van der Waals surface area contributed by atoms with E-state index in [2.05, 4.69) is 19.9 Å². The number of aromatic nitrogens is 4. The molecule has 2 heterocycles. The quantitative estimate of drug-likeness (QED) is 0.581. The second kappa shape index (κ2) is 4.73. The number of imidazole rings is 1. The second-order valence-corrected chi connectivity index (χ2v) is 4.66. The van der Waals surface area contributed by atoms with Crippen LogP contribution in [0.5, 0.6) is 0 Å². The van der Waals surface area contributed by atoms with E-state index in [1.807, 2.05) is 6.07 Å². The van der Waals surface area contributed by atoms with Gasteiger partial charge < -0.3 is 4.98 Å². The zero-order chi connectivity index (χ0) is 12.4. The fourth-order valence-electron chi connectivity index (χ4n) is 1.63. The third-order valence-electron chi connectivity index (χ3n) is 2.45. The molecule has 1 aromatic carbocycles. The van der Waals surface area contributed by atoms with E-state index in [9.17, 15) is 4.39 Å². The third-order valence-corrected chi connectivity index (χ3v) is 3.51. The number of nitrogens with zero attached hydrogens (tertiary/aromatic N) is 3. The Morgan fingerprint density at radius 2 is 2.17 bits per heavy atom. The minimum absolute atomic E-state index is 0.220. The van der Waals surface area contributed by atoms with Crippen molar-refractivity contribution in [1.29, 1.82) is 0 Å². The van der Waals surface area contributed by atoms with Crippen molar-refractivity contribution in [3.63, 3.8) is 0 Å². The summed E-state index contributed by atoms with van der Waals surface area (Å²) in [6.45, 7) is 0. The summed E-state index contributed by atoms with van der Waals surface area (Å²) in [6.07, 6.45) is 3.07. The molecule has 1 N–H and O–H groups in total. The van der Waals surface area contributed by atoms with Gasteiger partial charge in [-0.05, 0) is 17.7 Å². The summed E-state index contributed by atoms with van der Waals surface area (Å²) in [5.74, 6) is 0.436. The maximum atomic E-state index is 13.0. The van der Waals surface area contributed by atoms with Gasteiger partial charge in [0.25, 0.3) is 0 Å². The molecule has 0 aliphatic heterocycles. The number of hydrogen-bond donors (Lipinski definition) is 1. The Bertz CT molecular complexity index is 682. The topological polar surface area (TPSA) is 54.5 Å². The molecule has 0 saturated heterocycles. The van der Waals surface area contributed by atoms with Crippen molar-refractivity contribution < 1.29 is 4.39 Å². The summed E-state index contributed by atoms with van der Waals surface area (Å²) in [6, 6.07) is 6.56. The van der Waals surface area contributed by atoms with Gasteiger partial charge in [0.15, 0.2) is 5.65 Å². The average molecular weight is 260 g/mol. The van der Waals surface area contributed by atoms with Crippen molar-refractivity contribution in [2.45, 2.75) is 10.8 Å². The van der Waals surface area contributed by atoms with Crippen LogP contribution in [0.1, 0.15) is 5.56 Å². The monoisotopic (exact) mass is 260 g/mol. The second-order valence-electron chi connectivity index (χ2n) is 3.70. The first-order valence-electron chi connectivity index (χ1n) is 5.34. The number of aromatic amines is 1. The molecule has 0 aliphatic carbocycles. The Kier molecular flexibility index (Phi) is 2.93. The minimum atomic E-state index is -0.220. The molecule has 0 bridgehead atoms. The normalized spacial score (nSPS) is 10.9. The maximum absolute atomic E-state index is 13.0. The molecule has 0 atom stereocenters. The van der Waals surface area contributed by atoms with Gasteiger partial charge in [-0.15, -0.1) is 0 Å². The Hall–Kier alpha value is -1.95. The van der Waals surface area contributed by atoms with Gasteiger partial charge in [0.05, 0.1) is 6.33 Å². The van der Waals surface area contributed by atoms with Crippen LogP contribution in [0.25, 0.3) is 11.2 Å². The van der Waals surface area contributed by atoms with Crippen LogP contribution < -0.4 is 0 Å². The number of halogens is 1. The zero-order valence-corrected chi connectivity index (χ0v) is 10.1. The van der Waals surface area contributed by atoms with Crippen LogP contribution >= 0.6 is 11.8 Å². The minimum Gasteiger partial charge on any atom is -0.341 e. The van der Waals surface area contributed by atoms with E-state index in [1.54, 1.807) is 12.4 Å². The first kappa shape index (κ1) is 11.2. The predicted molar refractivity (Wildman–Crippen MR) is 67.6 cm³/mol. The van der Waals surface area contributed by atoms with Crippen LogP contribution in [0.3, 0.4) is 0 Å². The van der Waals surface area contributed by atoms with Crippen LogP contribution in [-0.4, -0.2) is 19.9 Å². The highest BCUT2D eigenvalue weighted by molar-refractivity contribution is 7.98. The molecular weight excluding hydrogens is 251 g/mol. The summed E-state index contributed by atoms with van der Waals surface area (Å²) in [5.41, 5.74) is 2.39. The van der Waals surface area contributed by atoms with Crippen LogP contribution in [-0.2, 0) is 5.75 Å². The standard InChI is InChI=1S/C12H9FN4S/c13-9-3-1-2-8(4-9)5-18-12-10-11(15-6-14-10)16-7-17-12/h1-4,6-7H,5H2,(H,14,15,16,17). The van der Waals surface area contributed by atoms with Crippen LogP contribution in [0.2, 0.25) is 0 Å². The predicted octanol–water partition coefficient (Wildman–Crippen LogP) is 2.78.